The molecule has 0 aliphatic carbocycles. The maximum atomic E-state index is 11.1. The van der Waals surface area contributed by atoms with Gasteiger partial charge in [-0.15, -0.1) is 0 Å². The molecule has 1 unspecified atom stereocenters. The van der Waals surface area contributed by atoms with Crippen molar-refractivity contribution < 1.29 is 8.42 Å². The first-order valence-electron chi connectivity index (χ1n) is 4.79. The number of nitrogens with one attached hydrogen (secondary N) is 1. The van der Waals surface area contributed by atoms with Crippen molar-refractivity contribution in [1.29, 1.82) is 0 Å². The van der Waals surface area contributed by atoms with Crippen LogP contribution in [0, 0.1) is 5.92 Å². The summed E-state index contributed by atoms with van der Waals surface area (Å²) in [5.74, 6) is 0.316. The zero-order valence-corrected chi connectivity index (χ0v) is 8.76. The summed E-state index contributed by atoms with van der Waals surface area (Å²) in [6.07, 6.45) is 4.07. The lowest BCUT2D eigenvalue weighted by Crippen LogP contribution is -2.46. The summed E-state index contributed by atoms with van der Waals surface area (Å²) in [5, 5.41) is 8.37. The van der Waals surface area contributed by atoms with Gasteiger partial charge in [-0.05, 0) is 18.9 Å². The van der Waals surface area contributed by atoms with Gasteiger partial charge in [0.25, 0.3) is 10.2 Å². The van der Waals surface area contributed by atoms with Crippen LogP contribution in [0.5, 0.6) is 0 Å². The third-order valence-corrected chi connectivity index (χ3v) is 3.81. The van der Waals surface area contributed by atoms with E-state index >= 15 is 0 Å². The molecule has 1 fully saturated rings. The minimum Gasteiger partial charge on any atom is -0.388 e. The quantitative estimate of drug-likeness (QED) is 0.615. The second-order valence-electron chi connectivity index (χ2n) is 3.79. The maximum Gasteiger partial charge on any atom is 0.277 e. The predicted molar refractivity (Wildman–Crippen MR) is 53.5 cm³/mol. The summed E-state index contributed by atoms with van der Waals surface area (Å²) >= 11 is 0. The van der Waals surface area contributed by atoms with Crippen LogP contribution in [0.1, 0.15) is 12.8 Å². The third kappa shape index (κ3) is 1.92. The van der Waals surface area contributed by atoms with Crippen LogP contribution in [0.3, 0.4) is 0 Å². The minimum atomic E-state index is -3.52. The Kier molecular flexibility index (Phi) is 2.50. The molecule has 0 spiro atoms. The Morgan fingerprint density at radius 1 is 1.57 bits per heavy atom. The molecule has 5 nitrogen and oxygen atoms in total. The van der Waals surface area contributed by atoms with E-state index in [1.54, 1.807) is 0 Å². The molecule has 0 aromatic heterocycles. The number of hydrogen-bond acceptors (Lipinski definition) is 3. The number of fused-ring (bicyclic) bond motifs is 1. The van der Waals surface area contributed by atoms with E-state index in [2.05, 4.69) is 5.32 Å². The van der Waals surface area contributed by atoms with Gasteiger partial charge in [-0.25, -0.2) is 5.14 Å². The highest BCUT2D eigenvalue weighted by Gasteiger charge is 2.29. The van der Waals surface area contributed by atoms with Crippen molar-refractivity contribution >= 4 is 10.2 Å². The highest BCUT2D eigenvalue weighted by Crippen LogP contribution is 2.24. The molecule has 6 heteroatoms. The van der Waals surface area contributed by atoms with Gasteiger partial charge < -0.3 is 5.32 Å². The topological polar surface area (TPSA) is 75.4 Å². The van der Waals surface area contributed by atoms with Crippen molar-refractivity contribution in [3.05, 3.63) is 11.8 Å². The van der Waals surface area contributed by atoms with Crippen LogP contribution < -0.4 is 10.5 Å². The third-order valence-electron chi connectivity index (χ3n) is 2.80. The van der Waals surface area contributed by atoms with Gasteiger partial charge in [0.15, 0.2) is 0 Å². The molecule has 2 aliphatic heterocycles. The Labute approximate surface area is 84.1 Å². The fraction of sp³-hybridized carbons (Fsp3) is 0.750. The van der Waals surface area contributed by atoms with Crippen LogP contribution in [-0.4, -0.2) is 32.4 Å². The molecular weight excluding hydrogens is 202 g/mol. The van der Waals surface area contributed by atoms with E-state index in [4.69, 9.17) is 5.14 Å². The standard InChI is InChI=1S/C8H15N3O2S/c9-14(12,13)11-5-3-8-7(6-11)2-1-4-10-8/h3,7,10H,1-2,4-6H2,(H2,9,12,13). The molecule has 3 N–H and O–H groups in total. The Hall–Kier alpha value is -0.590. The maximum absolute atomic E-state index is 11.1. The zero-order chi connectivity index (χ0) is 10.2. The molecule has 0 aromatic carbocycles. The van der Waals surface area contributed by atoms with E-state index in [-0.39, 0.29) is 0 Å². The fourth-order valence-electron chi connectivity index (χ4n) is 2.04. The van der Waals surface area contributed by atoms with Crippen LogP contribution in [0.2, 0.25) is 0 Å². The number of nitrogens with zero attached hydrogens (tertiary/aromatic N) is 1. The van der Waals surface area contributed by atoms with E-state index in [0.717, 1.165) is 19.4 Å². The Morgan fingerprint density at radius 3 is 3.07 bits per heavy atom. The van der Waals surface area contributed by atoms with Crippen LogP contribution in [-0.2, 0) is 10.2 Å². The average molecular weight is 217 g/mol. The second kappa shape index (κ2) is 3.52. The summed E-state index contributed by atoms with van der Waals surface area (Å²) < 4.78 is 23.6. The second-order valence-corrected chi connectivity index (χ2v) is 5.33. The lowest BCUT2D eigenvalue weighted by Gasteiger charge is -2.34. The van der Waals surface area contributed by atoms with E-state index in [1.807, 2.05) is 6.08 Å². The first-order chi connectivity index (χ1) is 6.57. The summed E-state index contributed by atoms with van der Waals surface area (Å²) in [5.41, 5.74) is 1.19. The van der Waals surface area contributed by atoms with Crippen LogP contribution in [0.25, 0.3) is 0 Å². The number of nitrogens with two attached hydrogens (primary N) is 1. The van der Waals surface area contributed by atoms with Gasteiger partial charge in [-0.2, -0.15) is 12.7 Å². The van der Waals surface area contributed by atoms with E-state index in [0.29, 0.717) is 19.0 Å². The molecule has 0 aromatic rings. The Balaban J connectivity index is 2.14. The van der Waals surface area contributed by atoms with Crippen molar-refractivity contribution in [2.75, 3.05) is 19.6 Å². The van der Waals surface area contributed by atoms with Crippen LogP contribution in [0.4, 0.5) is 0 Å². The van der Waals surface area contributed by atoms with Crippen molar-refractivity contribution in [1.82, 2.24) is 9.62 Å². The Morgan fingerprint density at radius 2 is 2.36 bits per heavy atom. The highest BCUT2D eigenvalue weighted by atomic mass is 32.2. The summed E-state index contributed by atoms with van der Waals surface area (Å²) in [6.45, 7) is 1.92. The van der Waals surface area contributed by atoms with Crippen molar-refractivity contribution in [2.45, 2.75) is 12.8 Å². The molecule has 0 radical (unpaired) electrons. The molecule has 2 aliphatic rings. The highest BCUT2D eigenvalue weighted by molar-refractivity contribution is 7.86. The largest absolute Gasteiger partial charge is 0.388 e. The first kappa shape index (κ1) is 9.95. The molecule has 0 amide bonds. The fourth-order valence-corrected chi connectivity index (χ4v) is 2.71. The molecule has 0 saturated carbocycles. The van der Waals surface area contributed by atoms with Gasteiger partial charge in [0.05, 0.1) is 0 Å². The Bertz CT molecular complexity index is 350. The smallest absolute Gasteiger partial charge is 0.277 e. The van der Waals surface area contributed by atoms with Gasteiger partial charge in [0, 0.05) is 31.2 Å². The summed E-state index contributed by atoms with van der Waals surface area (Å²) in [7, 11) is -3.52. The van der Waals surface area contributed by atoms with Gasteiger partial charge in [0.1, 0.15) is 0 Å². The van der Waals surface area contributed by atoms with Gasteiger partial charge in [-0.3, -0.25) is 0 Å². The molecule has 14 heavy (non-hydrogen) atoms. The van der Waals surface area contributed by atoms with Gasteiger partial charge in [0.2, 0.25) is 0 Å². The molecular formula is C8H15N3O2S. The van der Waals surface area contributed by atoms with Crippen LogP contribution >= 0.6 is 0 Å². The minimum absolute atomic E-state index is 0.316. The number of hydrogen-bond donors (Lipinski definition) is 2. The van der Waals surface area contributed by atoms with Crippen molar-refractivity contribution in [3.8, 4) is 0 Å². The van der Waals surface area contributed by atoms with Crippen molar-refractivity contribution in [2.24, 2.45) is 11.1 Å². The zero-order valence-electron chi connectivity index (χ0n) is 7.94. The SMILES string of the molecule is NS(=O)(=O)N1CC=C2NCCCC2C1. The normalized spacial score (nSPS) is 28.9. The van der Waals surface area contributed by atoms with E-state index in [1.165, 1.54) is 10.0 Å². The number of piperidine rings is 1. The van der Waals surface area contributed by atoms with Gasteiger partial charge >= 0.3 is 0 Å². The number of rotatable bonds is 1. The lowest BCUT2D eigenvalue weighted by molar-refractivity contribution is 0.319. The van der Waals surface area contributed by atoms with E-state index in [9.17, 15) is 8.42 Å². The molecule has 1 atom stereocenters. The van der Waals surface area contributed by atoms with Crippen molar-refractivity contribution in [3.63, 3.8) is 0 Å². The molecule has 80 valence electrons. The molecule has 0 bridgehead atoms. The molecule has 2 rings (SSSR count). The molecule has 1 saturated heterocycles. The van der Waals surface area contributed by atoms with Gasteiger partial charge in [-0.1, -0.05) is 0 Å². The summed E-state index contributed by atoms with van der Waals surface area (Å²) in [6, 6.07) is 0. The average Bonchev–Trinajstić information content (AvgIpc) is 2.16. The lowest BCUT2D eigenvalue weighted by atomic mass is 9.93. The molecule has 2 heterocycles. The monoisotopic (exact) mass is 217 g/mol. The first-order valence-corrected chi connectivity index (χ1v) is 6.29. The predicted octanol–water partition coefficient (Wildman–Crippen LogP) is -0.611. The summed E-state index contributed by atoms with van der Waals surface area (Å²) in [4.78, 5) is 0. The van der Waals surface area contributed by atoms with Crippen LogP contribution in [0.15, 0.2) is 11.8 Å². The van der Waals surface area contributed by atoms with E-state index < -0.39 is 10.2 Å².